The van der Waals surface area contributed by atoms with Crippen molar-refractivity contribution in [2.75, 3.05) is 13.6 Å². The molecule has 0 heterocycles. The fraction of sp³-hybridized carbons (Fsp3) is 0.364. The number of halogens is 3. The van der Waals surface area contributed by atoms with Crippen molar-refractivity contribution < 1.29 is 9.90 Å². The Bertz CT molecular complexity index is 435. The second-order valence-corrected chi connectivity index (χ2v) is 7.27. The SMILES string of the molecule is CC(O)CN(C)C(=O)c1cc(I)cc(I)c1I. The molecular formula is C11H12I3NO2. The molecule has 0 saturated heterocycles. The van der Waals surface area contributed by atoms with Gasteiger partial charge in [0, 0.05) is 24.3 Å². The zero-order chi connectivity index (χ0) is 13.2. The molecule has 1 aromatic rings. The number of hydrogen-bond donors (Lipinski definition) is 1. The Morgan fingerprint density at radius 1 is 1.41 bits per heavy atom. The third-order valence-corrected chi connectivity index (χ3v) is 5.78. The normalized spacial score (nSPS) is 12.4. The standard InChI is InChI=1S/C11H12I3NO2/c1-6(16)5-15(2)11(17)8-3-7(12)4-9(13)10(8)14/h3-4,6,16H,5H2,1-2H3. The largest absolute Gasteiger partial charge is 0.392 e. The minimum atomic E-state index is -0.511. The highest BCUT2D eigenvalue weighted by Gasteiger charge is 2.18. The van der Waals surface area contributed by atoms with Crippen LogP contribution in [0.2, 0.25) is 0 Å². The number of rotatable bonds is 3. The molecule has 0 aliphatic carbocycles. The third kappa shape index (κ3) is 4.46. The minimum absolute atomic E-state index is 0.0493. The summed E-state index contributed by atoms with van der Waals surface area (Å²) in [7, 11) is 1.71. The predicted octanol–water partition coefficient (Wildman–Crippen LogP) is 2.95. The highest BCUT2D eigenvalue weighted by atomic mass is 127. The van der Waals surface area contributed by atoms with Crippen LogP contribution in [0.5, 0.6) is 0 Å². The number of carbonyl (C=O) groups is 1. The van der Waals surface area contributed by atoms with E-state index >= 15 is 0 Å². The number of nitrogens with zero attached hydrogens (tertiary/aromatic N) is 1. The molecule has 3 nitrogen and oxygen atoms in total. The molecule has 1 rings (SSSR count). The van der Waals surface area contributed by atoms with Crippen LogP contribution >= 0.6 is 67.8 Å². The predicted molar refractivity (Wildman–Crippen MR) is 93.2 cm³/mol. The summed E-state index contributed by atoms with van der Waals surface area (Å²) in [6, 6.07) is 3.92. The van der Waals surface area contributed by atoms with Crippen LogP contribution in [-0.2, 0) is 0 Å². The number of aliphatic hydroxyl groups excluding tert-OH is 1. The summed E-state index contributed by atoms with van der Waals surface area (Å²) in [4.78, 5) is 13.8. The van der Waals surface area contributed by atoms with Crippen LogP contribution in [0.25, 0.3) is 0 Å². The highest BCUT2D eigenvalue weighted by molar-refractivity contribution is 14.1. The first-order valence-electron chi connectivity index (χ1n) is 4.91. The average molecular weight is 571 g/mol. The first kappa shape index (κ1) is 15.9. The second-order valence-electron chi connectivity index (χ2n) is 3.78. The Morgan fingerprint density at radius 3 is 2.53 bits per heavy atom. The quantitative estimate of drug-likeness (QED) is 0.449. The van der Waals surface area contributed by atoms with E-state index in [4.69, 9.17) is 0 Å². The van der Waals surface area contributed by atoms with E-state index in [9.17, 15) is 9.90 Å². The molecule has 1 amide bonds. The minimum Gasteiger partial charge on any atom is -0.392 e. The fourth-order valence-corrected chi connectivity index (χ4v) is 3.78. The smallest absolute Gasteiger partial charge is 0.254 e. The van der Waals surface area contributed by atoms with Crippen LogP contribution in [0, 0.1) is 10.7 Å². The van der Waals surface area contributed by atoms with Crippen LogP contribution < -0.4 is 0 Å². The zero-order valence-corrected chi connectivity index (χ0v) is 15.8. The molecule has 17 heavy (non-hydrogen) atoms. The van der Waals surface area contributed by atoms with Crippen LogP contribution in [0.1, 0.15) is 17.3 Å². The van der Waals surface area contributed by atoms with Gasteiger partial charge in [-0.1, -0.05) is 0 Å². The van der Waals surface area contributed by atoms with E-state index in [0.29, 0.717) is 12.1 Å². The summed E-state index contributed by atoms with van der Waals surface area (Å²) in [6.45, 7) is 2.02. The average Bonchev–Trinajstić information content (AvgIpc) is 2.21. The molecule has 6 heteroatoms. The summed E-state index contributed by atoms with van der Waals surface area (Å²) in [5.74, 6) is -0.0493. The van der Waals surface area contributed by atoms with Crippen molar-refractivity contribution in [3.63, 3.8) is 0 Å². The Kier molecular flexibility index (Phi) is 6.40. The number of benzene rings is 1. The van der Waals surface area contributed by atoms with Gasteiger partial charge in [-0.2, -0.15) is 0 Å². The van der Waals surface area contributed by atoms with Crippen LogP contribution in [0.3, 0.4) is 0 Å². The molecule has 1 aromatic carbocycles. The van der Waals surface area contributed by atoms with Crippen molar-refractivity contribution in [2.45, 2.75) is 13.0 Å². The molecular weight excluding hydrogens is 559 g/mol. The maximum atomic E-state index is 12.2. The van der Waals surface area contributed by atoms with Crippen molar-refractivity contribution in [1.29, 1.82) is 0 Å². The Hall–Kier alpha value is 0.840. The van der Waals surface area contributed by atoms with E-state index < -0.39 is 6.10 Å². The monoisotopic (exact) mass is 571 g/mol. The lowest BCUT2D eigenvalue weighted by molar-refractivity contribution is 0.0702. The maximum Gasteiger partial charge on any atom is 0.254 e. The van der Waals surface area contributed by atoms with Crippen molar-refractivity contribution in [3.8, 4) is 0 Å². The Labute approximate surface area is 142 Å². The maximum absolute atomic E-state index is 12.2. The van der Waals surface area contributed by atoms with Gasteiger partial charge < -0.3 is 10.0 Å². The lowest BCUT2D eigenvalue weighted by Crippen LogP contribution is -2.33. The summed E-state index contributed by atoms with van der Waals surface area (Å²) in [6.07, 6.45) is -0.511. The van der Waals surface area contributed by atoms with E-state index in [-0.39, 0.29) is 5.91 Å². The van der Waals surface area contributed by atoms with Gasteiger partial charge >= 0.3 is 0 Å². The van der Waals surface area contributed by atoms with Crippen molar-refractivity contribution in [3.05, 3.63) is 28.4 Å². The molecule has 0 bridgehead atoms. The topological polar surface area (TPSA) is 40.5 Å². The van der Waals surface area contributed by atoms with Crippen molar-refractivity contribution in [1.82, 2.24) is 4.90 Å². The number of amides is 1. The first-order valence-corrected chi connectivity index (χ1v) is 8.14. The van der Waals surface area contributed by atoms with Gasteiger partial charge in [-0.05, 0) is 86.8 Å². The van der Waals surface area contributed by atoms with Gasteiger partial charge in [0.1, 0.15) is 0 Å². The zero-order valence-electron chi connectivity index (χ0n) is 9.38. The molecule has 0 aliphatic heterocycles. The van der Waals surface area contributed by atoms with Gasteiger partial charge in [0.2, 0.25) is 0 Å². The van der Waals surface area contributed by atoms with Gasteiger partial charge in [0.05, 0.1) is 11.7 Å². The summed E-state index contributed by atoms with van der Waals surface area (Å²) < 4.78 is 3.08. The molecule has 1 N–H and O–H groups in total. The van der Waals surface area contributed by atoms with E-state index in [2.05, 4.69) is 67.8 Å². The van der Waals surface area contributed by atoms with Gasteiger partial charge in [-0.25, -0.2) is 0 Å². The second kappa shape index (κ2) is 6.85. The number of likely N-dealkylation sites (N-methyl/N-ethyl adjacent to an activating group) is 1. The van der Waals surface area contributed by atoms with Gasteiger partial charge in [0.15, 0.2) is 0 Å². The molecule has 1 unspecified atom stereocenters. The van der Waals surface area contributed by atoms with Crippen molar-refractivity contribution >= 4 is 73.7 Å². The molecule has 0 fully saturated rings. The summed E-state index contributed by atoms with van der Waals surface area (Å²) in [5, 5.41) is 9.30. The molecule has 0 aromatic heterocycles. The Balaban J connectivity index is 3.04. The van der Waals surface area contributed by atoms with E-state index in [1.165, 1.54) is 0 Å². The molecule has 1 atom stereocenters. The van der Waals surface area contributed by atoms with E-state index in [1.54, 1.807) is 18.9 Å². The number of aliphatic hydroxyl groups is 1. The lowest BCUT2D eigenvalue weighted by Gasteiger charge is -2.20. The van der Waals surface area contributed by atoms with Gasteiger partial charge in [0.25, 0.3) is 5.91 Å². The molecule has 0 aliphatic rings. The molecule has 94 valence electrons. The van der Waals surface area contributed by atoms with Crippen LogP contribution in [-0.4, -0.2) is 35.6 Å². The fourth-order valence-electron chi connectivity index (χ4n) is 1.40. The number of hydrogen-bond acceptors (Lipinski definition) is 2. The first-order chi connectivity index (χ1) is 7.82. The molecule has 0 spiro atoms. The van der Waals surface area contributed by atoms with Crippen molar-refractivity contribution in [2.24, 2.45) is 0 Å². The third-order valence-electron chi connectivity index (χ3n) is 2.11. The van der Waals surface area contributed by atoms with Crippen LogP contribution in [0.4, 0.5) is 0 Å². The van der Waals surface area contributed by atoms with Gasteiger partial charge in [-0.15, -0.1) is 0 Å². The lowest BCUT2D eigenvalue weighted by atomic mass is 10.2. The van der Waals surface area contributed by atoms with Gasteiger partial charge in [-0.3, -0.25) is 4.79 Å². The van der Waals surface area contributed by atoms with Crippen LogP contribution in [0.15, 0.2) is 12.1 Å². The van der Waals surface area contributed by atoms with E-state index in [1.807, 2.05) is 12.1 Å². The van der Waals surface area contributed by atoms with E-state index in [0.717, 1.165) is 10.7 Å². The molecule has 0 saturated carbocycles. The number of carbonyl (C=O) groups excluding carboxylic acids is 1. The summed E-state index contributed by atoms with van der Waals surface area (Å²) in [5.41, 5.74) is 0.699. The highest BCUT2D eigenvalue weighted by Crippen LogP contribution is 2.23. The molecule has 0 radical (unpaired) electrons. The Morgan fingerprint density at radius 2 is 2.00 bits per heavy atom. The summed E-state index contributed by atoms with van der Waals surface area (Å²) >= 11 is 6.61.